The van der Waals surface area contributed by atoms with E-state index in [1.54, 1.807) is 16.8 Å². The molecule has 4 aromatic heterocycles. The van der Waals surface area contributed by atoms with Gasteiger partial charge in [-0.3, -0.25) is 14.8 Å². The molecule has 1 aliphatic carbocycles. The highest BCUT2D eigenvalue weighted by Gasteiger charge is 2.25. The number of aromatic amines is 2. The molecule has 2 aliphatic rings. The van der Waals surface area contributed by atoms with E-state index < -0.39 is 5.69 Å². The molecule has 34 heavy (non-hydrogen) atoms. The van der Waals surface area contributed by atoms with Gasteiger partial charge in [0.1, 0.15) is 5.69 Å². The van der Waals surface area contributed by atoms with Gasteiger partial charge in [-0.05, 0) is 43.4 Å². The largest absolute Gasteiger partial charge is 0.493 e. The number of carbonyl (C=O) groups is 1. The lowest BCUT2D eigenvalue weighted by atomic mass is 10.2. The van der Waals surface area contributed by atoms with Crippen molar-refractivity contribution in [1.29, 1.82) is 0 Å². The Bertz CT molecular complexity index is 1590. The Morgan fingerprint density at radius 1 is 1.29 bits per heavy atom. The molecule has 5 heterocycles. The molecule has 3 N–H and O–H groups in total. The van der Waals surface area contributed by atoms with Gasteiger partial charge >= 0.3 is 5.69 Å². The summed E-state index contributed by atoms with van der Waals surface area (Å²) < 4.78 is 1.67. The van der Waals surface area contributed by atoms with Crippen LogP contribution in [0.5, 0.6) is 5.88 Å². The van der Waals surface area contributed by atoms with Crippen LogP contribution < -0.4 is 16.4 Å². The van der Waals surface area contributed by atoms with E-state index in [2.05, 4.69) is 22.0 Å². The number of aromatic nitrogens is 5. The van der Waals surface area contributed by atoms with Crippen LogP contribution in [0.2, 0.25) is 0 Å². The van der Waals surface area contributed by atoms with Gasteiger partial charge in [-0.15, -0.1) is 11.3 Å². The molecule has 4 aromatic rings. The number of aromatic hydroxyl groups is 1. The Hall–Kier alpha value is -3.73. The van der Waals surface area contributed by atoms with E-state index in [9.17, 15) is 14.7 Å². The normalized spacial score (nSPS) is 19.6. The third-order valence-electron chi connectivity index (χ3n) is 6.16. The van der Waals surface area contributed by atoms with Gasteiger partial charge in [-0.1, -0.05) is 6.92 Å². The average molecular weight is 478 g/mol. The number of thiophene rings is 1. The zero-order valence-electron chi connectivity index (χ0n) is 18.5. The molecule has 1 unspecified atom stereocenters. The molecule has 174 valence electrons. The number of amides is 1. The molecule has 11 heteroatoms. The van der Waals surface area contributed by atoms with E-state index >= 15 is 0 Å². The van der Waals surface area contributed by atoms with E-state index in [-0.39, 0.29) is 23.5 Å². The van der Waals surface area contributed by atoms with Crippen molar-refractivity contribution in [3.05, 3.63) is 56.2 Å². The lowest BCUT2D eigenvalue weighted by Gasteiger charge is -2.14. The van der Waals surface area contributed by atoms with Crippen molar-refractivity contribution < 1.29 is 9.90 Å². The first-order valence-electron chi connectivity index (χ1n) is 11.3. The number of imidazole rings is 1. The second kappa shape index (κ2) is 7.94. The maximum atomic E-state index is 12.9. The topological polar surface area (TPSA) is 132 Å². The Balaban J connectivity index is 1.46. The first kappa shape index (κ1) is 20.8. The fourth-order valence-corrected chi connectivity index (χ4v) is 5.12. The van der Waals surface area contributed by atoms with Crippen LogP contribution >= 0.6 is 11.3 Å². The smallest absolute Gasteiger partial charge is 0.326 e. The lowest BCUT2D eigenvalue weighted by Crippen LogP contribution is -2.27. The van der Waals surface area contributed by atoms with Gasteiger partial charge in [0.15, 0.2) is 11.1 Å². The first-order chi connectivity index (χ1) is 16.4. The van der Waals surface area contributed by atoms with Crippen LogP contribution in [0.3, 0.4) is 0 Å². The van der Waals surface area contributed by atoms with Crippen molar-refractivity contribution in [2.45, 2.75) is 32.2 Å². The monoisotopic (exact) mass is 477 g/mol. The summed E-state index contributed by atoms with van der Waals surface area (Å²) in [5, 5.41) is 15.0. The number of hydrogen-bond acceptors (Lipinski definition) is 7. The van der Waals surface area contributed by atoms with E-state index in [1.807, 2.05) is 23.1 Å². The molecule has 2 fully saturated rings. The predicted molar refractivity (Wildman–Crippen MR) is 126 cm³/mol. The summed E-state index contributed by atoms with van der Waals surface area (Å²) in [6.07, 6.45) is 6.37. The molecule has 0 spiro atoms. The van der Waals surface area contributed by atoms with Gasteiger partial charge in [0, 0.05) is 24.4 Å². The van der Waals surface area contributed by atoms with Crippen LogP contribution in [-0.2, 0) is 0 Å². The van der Waals surface area contributed by atoms with Crippen LogP contribution in [-0.4, -0.2) is 59.6 Å². The van der Waals surface area contributed by atoms with Crippen molar-refractivity contribution in [1.82, 2.24) is 29.5 Å². The number of carbonyl (C=O) groups excluding carboxylic acids is 1. The van der Waals surface area contributed by atoms with Gasteiger partial charge in [-0.2, -0.15) is 9.61 Å². The highest BCUT2D eigenvalue weighted by molar-refractivity contribution is 7.17. The summed E-state index contributed by atoms with van der Waals surface area (Å²) in [6.45, 7) is 3.76. The van der Waals surface area contributed by atoms with Gasteiger partial charge in [0.05, 0.1) is 27.7 Å². The molecule has 0 bridgehead atoms. The van der Waals surface area contributed by atoms with Crippen molar-refractivity contribution in [3.63, 3.8) is 0 Å². The van der Waals surface area contributed by atoms with Crippen molar-refractivity contribution in [2.75, 3.05) is 13.1 Å². The Morgan fingerprint density at radius 2 is 2.15 bits per heavy atom. The number of hydrogen-bond donors (Lipinski definition) is 3. The molecule has 1 amide bonds. The van der Waals surface area contributed by atoms with Crippen molar-refractivity contribution in [3.8, 4) is 16.5 Å². The first-order valence-corrected chi connectivity index (χ1v) is 12.1. The maximum absolute atomic E-state index is 12.9. The molecule has 0 radical (unpaired) electrons. The van der Waals surface area contributed by atoms with Gasteiger partial charge in [0.2, 0.25) is 5.88 Å². The second-order valence-electron chi connectivity index (χ2n) is 8.99. The van der Waals surface area contributed by atoms with Crippen molar-refractivity contribution in [2.24, 2.45) is 10.9 Å². The van der Waals surface area contributed by atoms with E-state index in [4.69, 9.17) is 9.98 Å². The molecular formula is C23H23N7O3S. The SMILES string of the molecule is CC1CCN(C(=O)c2ccc(-c3cc(=NC4CC4)n4nc/c(=C\c5[nH]c(=O)[nH]c5O)c4n3)s2)C1. The van der Waals surface area contributed by atoms with Gasteiger partial charge in [-0.25, -0.2) is 9.78 Å². The zero-order chi connectivity index (χ0) is 23.4. The molecule has 1 atom stereocenters. The van der Waals surface area contributed by atoms with Crippen LogP contribution in [0, 0.1) is 5.92 Å². The molecule has 1 aliphatic heterocycles. The highest BCUT2D eigenvalue weighted by atomic mass is 32.1. The molecule has 1 saturated heterocycles. The average Bonchev–Trinajstić information content (AvgIpc) is 3.18. The molecule has 10 nitrogen and oxygen atoms in total. The minimum atomic E-state index is -0.499. The number of fused-ring (bicyclic) bond motifs is 1. The number of H-pyrrole nitrogens is 2. The quantitative estimate of drug-likeness (QED) is 0.407. The van der Waals surface area contributed by atoms with E-state index in [0.29, 0.717) is 32.8 Å². The van der Waals surface area contributed by atoms with Crippen LogP contribution in [0.1, 0.15) is 41.6 Å². The minimum Gasteiger partial charge on any atom is -0.493 e. The molecular weight excluding hydrogens is 454 g/mol. The standard InChI is InChI=1S/C23H23N7O3S/c1-12-6-7-29(11-12)22(32)18-5-4-17(34-18)15-9-19(25-14-2-3-14)30-20(26-15)13(10-24-30)8-16-21(31)28-23(33)27-16/h4-5,8-10,12,14,31H,2-3,6-7,11H2,1H3,(H2,27,28,33)/b13-8+,25-19?. The summed E-state index contributed by atoms with van der Waals surface area (Å²) in [4.78, 5) is 42.4. The second-order valence-corrected chi connectivity index (χ2v) is 10.1. The van der Waals surface area contributed by atoms with Crippen molar-refractivity contribution >= 4 is 29.0 Å². The number of rotatable bonds is 4. The van der Waals surface area contributed by atoms with E-state index in [1.165, 1.54) is 11.3 Å². The maximum Gasteiger partial charge on any atom is 0.326 e. The van der Waals surface area contributed by atoms with Gasteiger partial charge < -0.3 is 15.0 Å². The minimum absolute atomic E-state index is 0.0647. The third kappa shape index (κ3) is 3.81. The number of nitrogens with one attached hydrogen (secondary N) is 2. The molecule has 0 aromatic carbocycles. The molecule has 1 saturated carbocycles. The van der Waals surface area contributed by atoms with E-state index in [0.717, 1.165) is 37.2 Å². The summed E-state index contributed by atoms with van der Waals surface area (Å²) >= 11 is 1.42. The Kier molecular flexibility index (Phi) is 4.87. The zero-order valence-corrected chi connectivity index (χ0v) is 19.3. The van der Waals surface area contributed by atoms with Crippen LogP contribution in [0.25, 0.3) is 22.3 Å². The number of likely N-dealkylation sites (tertiary alicyclic amines) is 1. The predicted octanol–water partition coefficient (Wildman–Crippen LogP) is 1.27. The van der Waals surface area contributed by atoms with Gasteiger partial charge in [0.25, 0.3) is 5.91 Å². The summed E-state index contributed by atoms with van der Waals surface area (Å²) in [5.41, 5.74) is 1.68. The summed E-state index contributed by atoms with van der Waals surface area (Å²) in [6, 6.07) is 5.96. The fourth-order valence-electron chi connectivity index (χ4n) is 4.19. The highest BCUT2D eigenvalue weighted by Crippen LogP contribution is 2.29. The Morgan fingerprint density at radius 3 is 2.85 bits per heavy atom. The van der Waals surface area contributed by atoms with Crippen LogP contribution in [0.15, 0.2) is 34.2 Å². The number of nitrogens with zero attached hydrogens (tertiary/aromatic N) is 5. The lowest BCUT2D eigenvalue weighted by molar-refractivity contribution is 0.0793. The summed E-state index contributed by atoms with van der Waals surface area (Å²) in [7, 11) is 0. The van der Waals surface area contributed by atoms with Crippen LogP contribution in [0.4, 0.5) is 0 Å². The fraction of sp³-hybridized carbons (Fsp3) is 0.348. The summed E-state index contributed by atoms with van der Waals surface area (Å²) in [5.74, 6) is 0.348. The third-order valence-corrected chi connectivity index (χ3v) is 7.25. The Labute approximate surface area is 197 Å². The molecule has 6 rings (SSSR count).